The molecule has 2 atom stereocenters. The first-order valence-corrected chi connectivity index (χ1v) is 8.09. The van der Waals surface area contributed by atoms with E-state index in [-0.39, 0.29) is 18.9 Å². The van der Waals surface area contributed by atoms with Crippen molar-refractivity contribution in [3.63, 3.8) is 0 Å². The molecular formula is C18H22N2O5. The van der Waals surface area contributed by atoms with E-state index in [2.05, 4.69) is 11.9 Å². The maximum absolute atomic E-state index is 12.3. The fourth-order valence-electron chi connectivity index (χ4n) is 2.42. The van der Waals surface area contributed by atoms with Crippen LogP contribution in [0.1, 0.15) is 20.3 Å². The molecule has 0 fully saturated rings. The Labute approximate surface area is 146 Å². The van der Waals surface area contributed by atoms with Gasteiger partial charge in [-0.3, -0.25) is 14.4 Å². The Hall–Kier alpha value is -2.83. The third kappa shape index (κ3) is 4.59. The van der Waals surface area contributed by atoms with Gasteiger partial charge in [-0.2, -0.15) is 0 Å². The second-order valence-electron chi connectivity index (χ2n) is 5.63. The number of amides is 2. The topological polar surface area (TPSA) is 84.9 Å². The van der Waals surface area contributed by atoms with Gasteiger partial charge in [0.15, 0.2) is 12.2 Å². The van der Waals surface area contributed by atoms with E-state index in [4.69, 9.17) is 9.47 Å². The van der Waals surface area contributed by atoms with Gasteiger partial charge >= 0.3 is 5.97 Å². The third-order valence-electron chi connectivity index (χ3n) is 3.71. The molecule has 134 valence electrons. The molecule has 2 amide bonds. The van der Waals surface area contributed by atoms with Crippen molar-refractivity contribution in [2.45, 2.75) is 32.5 Å². The number of nitrogens with zero attached hydrogens (tertiary/aromatic N) is 1. The molecule has 0 aromatic heterocycles. The summed E-state index contributed by atoms with van der Waals surface area (Å²) in [5.41, 5.74) is 0.621. The summed E-state index contributed by atoms with van der Waals surface area (Å²) in [5.74, 6) is -0.566. The summed E-state index contributed by atoms with van der Waals surface area (Å²) in [4.78, 5) is 37.5. The summed E-state index contributed by atoms with van der Waals surface area (Å²) in [6.07, 6.45) is -0.00499. The zero-order chi connectivity index (χ0) is 18.4. The zero-order valence-corrected chi connectivity index (χ0v) is 14.4. The van der Waals surface area contributed by atoms with Crippen LogP contribution in [-0.2, 0) is 19.1 Å². The molecule has 0 aliphatic carbocycles. The molecule has 1 aliphatic heterocycles. The Bertz CT molecular complexity index is 673. The molecule has 0 radical (unpaired) electrons. The van der Waals surface area contributed by atoms with Crippen molar-refractivity contribution >= 4 is 23.5 Å². The van der Waals surface area contributed by atoms with Crippen LogP contribution >= 0.6 is 0 Å². The molecule has 7 heteroatoms. The van der Waals surface area contributed by atoms with Gasteiger partial charge in [-0.25, -0.2) is 0 Å². The first-order valence-electron chi connectivity index (χ1n) is 8.09. The van der Waals surface area contributed by atoms with Crippen molar-refractivity contribution in [1.82, 2.24) is 5.32 Å². The van der Waals surface area contributed by atoms with Crippen LogP contribution in [0.25, 0.3) is 0 Å². The lowest BCUT2D eigenvalue weighted by Crippen LogP contribution is -2.45. The zero-order valence-electron chi connectivity index (χ0n) is 14.4. The molecule has 0 bridgehead atoms. The predicted molar refractivity (Wildman–Crippen MR) is 92.3 cm³/mol. The first-order chi connectivity index (χ1) is 11.9. The number of esters is 1. The molecule has 25 heavy (non-hydrogen) atoms. The van der Waals surface area contributed by atoms with Crippen molar-refractivity contribution < 1.29 is 23.9 Å². The van der Waals surface area contributed by atoms with Crippen LogP contribution in [0.2, 0.25) is 0 Å². The highest BCUT2D eigenvalue weighted by Gasteiger charge is 2.31. The van der Waals surface area contributed by atoms with E-state index in [1.165, 1.54) is 17.9 Å². The van der Waals surface area contributed by atoms with E-state index >= 15 is 0 Å². The lowest BCUT2D eigenvalue weighted by Gasteiger charge is -2.32. The molecular weight excluding hydrogens is 324 g/mol. The minimum atomic E-state index is -0.904. The minimum Gasteiger partial charge on any atom is -0.479 e. The van der Waals surface area contributed by atoms with Crippen LogP contribution in [-0.4, -0.2) is 43.1 Å². The maximum atomic E-state index is 12.3. The summed E-state index contributed by atoms with van der Waals surface area (Å²) in [7, 11) is 0. The smallest absolute Gasteiger partial charge is 0.308 e. The summed E-state index contributed by atoms with van der Waals surface area (Å²) in [6, 6.07) is 7.14. The van der Waals surface area contributed by atoms with Gasteiger partial charge in [-0.05, 0) is 26.0 Å². The van der Waals surface area contributed by atoms with Gasteiger partial charge in [0, 0.05) is 13.1 Å². The number of ether oxygens (including phenoxy) is 2. The van der Waals surface area contributed by atoms with Crippen LogP contribution in [0.5, 0.6) is 5.75 Å². The molecule has 2 rings (SSSR count). The van der Waals surface area contributed by atoms with Gasteiger partial charge in [-0.15, -0.1) is 6.58 Å². The van der Waals surface area contributed by atoms with Crippen molar-refractivity contribution in [1.29, 1.82) is 0 Å². The lowest BCUT2D eigenvalue weighted by atomic mass is 10.2. The lowest BCUT2D eigenvalue weighted by molar-refractivity contribution is -0.154. The van der Waals surface area contributed by atoms with Crippen LogP contribution in [0.3, 0.4) is 0 Å². The number of fused-ring (bicyclic) bond motifs is 1. The van der Waals surface area contributed by atoms with Crippen LogP contribution in [0.15, 0.2) is 36.9 Å². The fourth-order valence-corrected chi connectivity index (χ4v) is 2.42. The Morgan fingerprint density at radius 1 is 1.44 bits per heavy atom. The Morgan fingerprint density at radius 3 is 2.88 bits per heavy atom. The van der Waals surface area contributed by atoms with Crippen molar-refractivity contribution in [2.24, 2.45) is 0 Å². The number of hydrogen-bond acceptors (Lipinski definition) is 5. The number of rotatable bonds is 7. The molecule has 2 unspecified atom stereocenters. The average molecular weight is 346 g/mol. The Balaban J connectivity index is 1.94. The first kappa shape index (κ1) is 18.5. The van der Waals surface area contributed by atoms with Gasteiger partial charge < -0.3 is 19.7 Å². The van der Waals surface area contributed by atoms with E-state index in [1.807, 2.05) is 6.07 Å². The molecule has 7 nitrogen and oxygen atoms in total. The number of anilines is 1. The monoisotopic (exact) mass is 346 g/mol. The standard InChI is InChI=1S/C18H22N2O5/c1-4-10-19-17(22)12(2)25-16(21)9-11-20-14-7-5-6-8-15(14)24-13(3)18(20)23/h4-8,12-13H,1,9-11H2,2-3H3,(H,19,22). The highest BCUT2D eigenvalue weighted by Crippen LogP contribution is 2.33. The molecule has 1 heterocycles. The van der Waals surface area contributed by atoms with Crippen LogP contribution < -0.4 is 15.0 Å². The molecule has 1 N–H and O–H groups in total. The normalized spacial score (nSPS) is 17.1. The quantitative estimate of drug-likeness (QED) is 0.596. The summed E-state index contributed by atoms with van der Waals surface area (Å²) in [5, 5.41) is 2.55. The second kappa shape index (κ2) is 8.32. The third-order valence-corrected chi connectivity index (χ3v) is 3.71. The summed E-state index contributed by atoms with van der Waals surface area (Å²) in [6.45, 7) is 7.11. The number of benzene rings is 1. The van der Waals surface area contributed by atoms with E-state index in [0.717, 1.165) is 0 Å². The van der Waals surface area contributed by atoms with E-state index < -0.39 is 24.1 Å². The number of carbonyl (C=O) groups excluding carboxylic acids is 3. The number of nitrogens with one attached hydrogen (secondary N) is 1. The minimum absolute atomic E-state index is 0.0220. The largest absolute Gasteiger partial charge is 0.479 e. The second-order valence-corrected chi connectivity index (χ2v) is 5.63. The molecule has 1 aliphatic rings. The number of hydrogen-bond donors (Lipinski definition) is 1. The highest BCUT2D eigenvalue weighted by atomic mass is 16.5. The van der Waals surface area contributed by atoms with Gasteiger partial charge in [-0.1, -0.05) is 18.2 Å². The van der Waals surface area contributed by atoms with Gasteiger partial charge in [0.2, 0.25) is 0 Å². The predicted octanol–water partition coefficient (Wildman–Crippen LogP) is 1.42. The van der Waals surface area contributed by atoms with Gasteiger partial charge in [0.05, 0.1) is 12.1 Å². The molecule has 0 spiro atoms. The van der Waals surface area contributed by atoms with E-state index in [1.54, 1.807) is 25.1 Å². The molecule has 1 aromatic rings. The average Bonchev–Trinajstić information content (AvgIpc) is 2.59. The number of para-hydroxylation sites is 2. The van der Waals surface area contributed by atoms with Crippen molar-refractivity contribution in [2.75, 3.05) is 18.0 Å². The highest BCUT2D eigenvalue weighted by molar-refractivity contribution is 6.00. The molecule has 0 saturated carbocycles. The van der Waals surface area contributed by atoms with Crippen LogP contribution in [0, 0.1) is 0 Å². The SMILES string of the molecule is C=CCNC(=O)C(C)OC(=O)CCN1C(=O)C(C)Oc2ccccc21. The molecule has 1 aromatic carbocycles. The van der Waals surface area contributed by atoms with Gasteiger partial charge in [0.25, 0.3) is 11.8 Å². The van der Waals surface area contributed by atoms with Crippen LogP contribution in [0.4, 0.5) is 5.69 Å². The Morgan fingerprint density at radius 2 is 2.16 bits per heavy atom. The Kier molecular flexibility index (Phi) is 6.16. The van der Waals surface area contributed by atoms with E-state index in [9.17, 15) is 14.4 Å². The number of carbonyl (C=O) groups is 3. The fraction of sp³-hybridized carbons (Fsp3) is 0.389. The maximum Gasteiger partial charge on any atom is 0.308 e. The summed E-state index contributed by atoms with van der Waals surface area (Å²) >= 11 is 0. The van der Waals surface area contributed by atoms with Crippen molar-refractivity contribution in [3.8, 4) is 5.75 Å². The molecule has 0 saturated heterocycles. The van der Waals surface area contributed by atoms with E-state index in [0.29, 0.717) is 18.0 Å². The van der Waals surface area contributed by atoms with Crippen molar-refractivity contribution in [3.05, 3.63) is 36.9 Å². The van der Waals surface area contributed by atoms with Gasteiger partial charge in [0.1, 0.15) is 5.75 Å². The summed E-state index contributed by atoms with van der Waals surface area (Å²) < 4.78 is 10.6.